The molecule has 0 saturated carbocycles. The number of carbonyl (C=O) groups excluding carboxylic acids is 1. The van der Waals surface area contributed by atoms with Crippen LogP contribution in [0.5, 0.6) is 10.8 Å². The zero-order valence-corrected chi connectivity index (χ0v) is 16.5. The van der Waals surface area contributed by atoms with E-state index in [1.807, 2.05) is 0 Å². The molecule has 0 radical (unpaired) electrons. The molecule has 2 heterocycles. The Labute approximate surface area is 174 Å². The summed E-state index contributed by atoms with van der Waals surface area (Å²) in [4.78, 5) is 24.3. The van der Waals surface area contributed by atoms with Crippen LogP contribution in [-0.2, 0) is 11.2 Å². The summed E-state index contributed by atoms with van der Waals surface area (Å²) in [6.07, 6.45) is -9.27. The van der Waals surface area contributed by atoms with Crippen molar-refractivity contribution in [2.45, 2.75) is 25.9 Å². The van der Waals surface area contributed by atoms with Crippen molar-refractivity contribution in [3.63, 3.8) is 0 Å². The normalized spacial score (nSPS) is 12.0. The number of benzene rings is 1. The molecule has 2 aromatic heterocycles. The number of carboxylic acids is 1. The van der Waals surface area contributed by atoms with Gasteiger partial charge >= 0.3 is 18.5 Å². The lowest BCUT2D eigenvalue weighted by Crippen LogP contribution is -2.33. The SMILES string of the molecule is Cc1c(CC(=O)O)c2c(Cl)c(O)ccc2n1C(=O)c1csc(OC(F)(F)C(F)F)c1. The molecule has 6 nitrogen and oxygen atoms in total. The summed E-state index contributed by atoms with van der Waals surface area (Å²) < 4.78 is 55.9. The van der Waals surface area contributed by atoms with Crippen LogP contribution in [0.4, 0.5) is 17.6 Å². The van der Waals surface area contributed by atoms with E-state index in [0.717, 1.165) is 16.0 Å². The van der Waals surface area contributed by atoms with E-state index in [1.165, 1.54) is 19.1 Å². The number of hydrogen-bond acceptors (Lipinski definition) is 5. The third-order valence-corrected chi connectivity index (χ3v) is 5.45. The maximum absolute atomic E-state index is 13.1. The number of nitrogens with zero attached hydrogens (tertiary/aromatic N) is 1. The Bertz CT molecular complexity index is 1160. The minimum atomic E-state index is -4.72. The number of aromatic nitrogens is 1. The fourth-order valence-electron chi connectivity index (χ4n) is 2.94. The van der Waals surface area contributed by atoms with E-state index < -0.39 is 35.9 Å². The Morgan fingerprint density at radius 2 is 2.00 bits per heavy atom. The van der Waals surface area contributed by atoms with Crippen LogP contribution in [0.3, 0.4) is 0 Å². The highest BCUT2D eigenvalue weighted by Crippen LogP contribution is 2.39. The second kappa shape index (κ2) is 7.80. The van der Waals surface area contributed by atoms with Crippen molar-refractivity contribution >= 4 is 45.7 Å². The van der Waals surface area contributed by atoms with Gasteiger partial charge in [-0.15, -0.1) is 11.3 Å². The van der Waals surface area contributed by atoms with Crippen molar-refractivity contribution in [3.05, 3.63) is 45.4 Å². The third kappa shape index (κ3) is 3.82. The molecule has 0 amide bonds. The summed E-state index contributed by atoms with van der Waals surface area (Å²) in [5, 5.41) is 19.6. The van der Waals surface area contributed by atoms with Gasteiger partial charge in [-0.05, 0) is 24.6 Å². The molecule has 30 heavy (non-hydrogen) atoms. The Morgan fingerprint density at radius 1 is 1.33 bits per heavy atom. The lowest BCUT2D eigenvalue weighted by Gasteiger charge is -2.14. The number of phenols is 1. The van der Waals surface area contributed by atoms with E-state index in [4.69, 9.17) is 11.6 Å². The van der Waals surface area contributed by atoms with Gasteiger partial charge in [0.15, 0.2) is 5.06 Å². The minimum absolute atomic E-state index is 0.147. The van der Waals surface area contributed by atoms with Gasteiger partial charge in [0.1, 0.15) is 5.75 Å². The van der Waals surface area contributed by atoms with Crippen molar-refractivity contribution in [3.8, 4) is 10.8 Å². The maximum atomic E-state index is 13.1. The van der Waals surface area contributed by atoms with Crippen LogP contribution in [0.2, 0.25) is 5.02 Å². The van der Waals surface area contributed by atoms with E-state index in [-0.39, 0.29) is 38.5 Å². The first-order chi connectivity index (χ1) is 13.9. The predicted octanol–water partition coefficient (Wildman–Crippen LogP) is 4.92. The first-order valence-electron chi connectivity index (χ1n) is 8.15. The molecule has 160 valence electrons. The van der Waals surface area contributed by atoms with Crippen molar-refractivity contribution in [1.82, 2.24) is 4.57 Å². The first kappa shape index (κ1) is 21.9. The molecule has 0 spiro atoms. The Hall–Kier alpha value is -2.79. The second-order valence-corrected chi connectivity index (χ2v) is 7.44. The first-order valence-corrected chi connectivity index (χ1v) is 9.41. The summed E-state index contributed by atoms with van der Waals surface area (Å²) in [6, 6.07) is 3.44. The minimum Gasteiger partial charge on any atom is -0.506 e. The molecule has 0 aliphatic carbocycles. The summed E-state index contributed by atoms with van der Waals surface area (Å²) in [7, 11) is 0. The van der Waals surface area contributed by atoms with Gasteiger partial charge < -0.3 is 14.9 Å². The average Bonchev–Trinajstić information content (AvgIpc) is 3.20. The smallest absolute Gasteiger partial charge is 0.461 e. The van der Waals surface area contributed by atoms with Gasteiger partial charge in [-0.2, -0.15) is 17.6 Å². The zero-order chi connectivity index (χ0) is 22.4. The van der Waals surface area contributed by atoms with Crippen LogP contribution in [0, 0.1) is 6.92 Å². The van der Waals surface area contributed by atoms with E-state index in [0.29, 0.717) is 11.3 Å². The maximum Gasteiger partial charge on any atom is 0.461 e. The molecule has 0 atom stereocenters. The number of rotatable bonds is 6. The van der Waals surface area contributed by atoms with Crippen LogP contribution in [0.25, 0.3) is 10.9 Å². The molecule has 12 heteroatoms. The largest absolute Gasteiger partial charge is 0.506 e. The van der Waals surface area contributed by atoms with Gasteiger partial charge in [-0.3, -0.25) is 14.2 Å². The van der Waals surface area contributed by atoms with Crippen LogP contribution in [0.1, 0.15) is 21.6 Å². The van der Waals surface area contributed by atoms with Crippen molar-refractivity contribution in [2.75, 3.05) is 0 Å². The van der Waals surface area contributed by atoms with Gasteiger partial charge in [0.05, 0.1) is 22.5 Å². The highest BCUT2D eigenvalue weighted by molar-refractivity contribution is 7.12. The fourth-order valence-corrected chi connectivity index (χ4v) is 3.98. The zero-order valence-electron chi connectivity index (χ0n) is 15.0. The third-order valence-electron chi connectivity index (χ3n) is 4.26. The number of carbonyl (C=O) groups is 2. The van der Waals surface area contributed by atoms with E-state index in [1.54, 1.807) is 0 Å². The van der Waals surface area contributed by atoms with Gasteiger partial charge in [0, 0.05) is 22.5 Å². The van der Waals surface area contributed by atoms with Crippen molar-refractivity contribution in [2.24, 2.45) is 0 Å². The number of aromatic hydroxyl groups is 1. The van der Waals surface area contributed by atoms with E-state index in [2.05, 4.69) is 4.74 Å². The standard InChI is InChI=1S/C18H12ClF4NO5S/c1-7-9(5-12(26)27)14-10(2-3-11(25)15(14)19)24(7)16(28)8-4-13(30-6-8)29-18(22,23)17(20)21/h2-4,6,17,25H,5H2,1H3,(H,26,27). The number of hydrogen-bond donors (Lipinski definition) is 2. The molecule has 0 bridgehead atoms. The number of thiophene rings is 1. The fraction of sp³-hybridized carbons (Fsp3) is 0.222. The van der Waals surface area contributed by atoms with E-state index >= 15 is 0 Å². The molecule has 1 aromatic carbocycles. The van der Waals surface area contributed by atoms with Crippen molar-refractivity contribution in [1.29, 1.82) is 0 Å². The number of alkyl halides is 4. The molecule has 0 aliphatic heterocycles. The lowest BCUT2D eigenvalue weighted by molar-refractivity contribution is -0.251. The highest BCUT2D eigenvalue weighted by Gasteiger charge is 2.44. The van der Waals surface area contributed by atoms with Gasteiger partial charge in [0.25, 0.3) is 5.91 Å². The monoisotopic (exact) mass is 465 g/mol. The molecular formula is C18H12ClF4NO5S. The molecule has 0 aliphatic rings. The molecule has 3 rings (SSSR count). The quantitative estimate of drug-likeness (QED) is 0.504. The molecular weight excluding hydrogens is 454 g/mol. The molecule has 0 saturated heterocycles. The van der Waals surface area contributed by atoms with Crippen LogP contribution < -0.4 is 4.74 Å². The Morgan fingerprint density at radius 3 is 2.60 bits per heavy atom. The summed E-state index contributed by atoms with van der Waals surface area (Å²) in [6.45, 7) is 1.46. The van der Waals surface area contributed by atoms with Crippen LogP contribution in [-0.4, -0.2) is 39.2 Å². The van der Waals surface area contributed by atoms with Crippen LogP contribution in [0.15, 0.2) is 23.6 Å². The van der Waals surface area contributed by atoms with Gasteiger partial charge in [-0.1, -0.05) is 11.6 Å². The number of carboxylic acid groups (broad SMARTS) is 1. The Kier molecular flexibility index (Phi) is 5.70. The number of phenolic OH excluding ortho intramolecular Hbond substituents is 1. The van der Waals surface area contributed by atoms with Crippen LogP contribution >= 0.6 is 22.9 Å². The number of fused-ring (bicyclic) bond motifs is 1. The molecule has 2 N–H and O–H groups in total. The van der Waals surface area contributed by atoms with E-state index in [9.17, 15) is 37.4 Å². The highest BCUT2D eigenvalue weighted by atomic mass is 35.5. The average molecular weight is 466 g/mol. The number of aliphatic carboxylic acids is 1. The summed E-state index contributed by atoms with van der Waals surface area (Å²) in [5.41, 5.74) is 0.424. The van der Waals surface area contributed by atoms with Gasteiger partial charge in [-0.25, -0.2) is 0 Å². The van der Waals surface area contributed by atoms with Gasteiger partial charge in [0.2, 0.25) is 0 Å². The second-order valence-electron chi connectivity index (χ2n) is 6.19. The molecule has 3 aromatic rings. The Balaban J connectivity index is 2.09. The summed E-state index contributed by atoms with van der Waals surface area (Å²) in [5.74, 6) is -2.27. The molecule has 0 fully saturated rings. The topological polar surface area (TPSA) is 88.8 Å². The van der Waals surface area contributed by atoms with Crippen molar-refractivity contribution < 1.29 is 42.1 Å². The number of halogens is 5. The lowest BCUT2D eigenvalue weighted by atomic mass is 10.1. The number of ether oxygens (including phenoxy) is 1. The molecule has 0 unspecified atom stereocenters. The summed E-state index contributed by atoms with van der Waals surface area (Å²) >= 11 is 6.64. The predicted molar refractivity (Wildman–Crippen MR) is 100 cm³/mol.